The van der Waals surface area contributed by atoms with Crippen LogP contribution in [0.15, 0.2) is 18.2 Å². The van der Waals surface area contributed by atoms with Crippen molar-refractivity contribution in [2.75, 3.05) is 7.11 Å². The third kappa shape index (κ3) is 2.95. The van der Waals surface area contributed by atoms with E-state index in [0.717, 1.165) is 11.5 Å². The van der Waals surface area contributed by atoms with E-state index in [1.165, 1.54) is 18.9 Å². The molecule has 1 unspecified atom stereocenters. The van der Waals surface area contributed by atoms with E-state index in [4.69, 9.17) is 4.74 Å². The molecule has 0 spiro atoms. The molecule has 3 heteroatoms. The van der Waals surface area contributed by atoms with Crippen LogP contribution in [0.2, 0.25) is 0 Å². The SMILES string of the molecule is COc1cc(F)cc(CNC(C)C2CC2)c1. The maximum absolute atomic E-state index is 13.2. The molecule has 16 heavy (non-hydrogen) atoms. The molecule has 0 saturated heterocycles. The second-order valence-electron chi connectivity index (χ2n) is 4.51. The first-order chi connectivity index (χ1) is 7.69. The van der Waals surface area contributed by atoms with Gasteiger partial charge in [0, 0.05) is 18.7 Å². The normalized spacial score (nSPS) is 17.2. The van der Waals surface area contributed by atoms with Gasteiger partial charge in [0.2, 0.25) is 0 Å². The van der Waals surface area contributed by atoms with Crippen molar-refractivity contribution in [2.45, 2.75) is 32.4 Å². The molecule has 1 N–H and O–H groups in total. The fraction of sp³-hybridized carbons (Fsp3) is 0.538. The Balaban J connectivity index is 1.94. The summed E-state index contributed by atoms with van der Waals surface area (Å²) in [5.74, 6) is 1.15. The lowest BCUT2D eigenvalue weighted by molar-refractivity contribution is 0.409. The third-order valence-corrected chi connectivity index (χ3v) is 3.12. The summed E-state index contributed by atoms with van der Waals surface area (Å²) in [7, 11) is 1.55. The second kappa shape index (κ2) is 4.83. The summed E-state index contributed by atoms with van der Waals surface area (Å²) in [4.78, 5) is 0. The van der Waals surface area contributed by atoms with Gasteiger partial charge in [0.05, 0.1) is 7.11 Å². The fourth-order valence-corrected chi connectivity index (χ4v) is 1.88. The van der Waals surface area contributed by atoms with Crippen LogP contribution in [0.5, 0.6) is 5.75 Å². The highest BCUT2D eigenvalue weighted by Crippen LogP contribution is 2.32. The monoisotopic (exact) mass is 223 g/mol. The van der Waals surface area contributed by atoms with Gasteiger partial charge in [-0.25, -0.2) is 4.39 Å². The Bertz CT molecular complexity index is 363. The number of benzene rings is 1. The van der Waals surface area contributed by atoms with Crippen molar-refractivity contribution in [1.29, 1.82) is 0 Å². The van der Waals surface area contributed by atoms with Crippen molar-refractivity contribution < 1.29 is 9.13 Å². The number of methoxy groups -OCH3 is 1. The van der Waals surface area contributed by atoms with E-state index in [9.17, 15) is 4.39 Å². The molecular weight excluding hydrogens is 205 g/mol. The maximum atomic E-state index is 13.2. The zero-order valence-corrected chi connectivity index (χ0v) is 9.79. The summed E-state index contributed by atoms with van der Waals surface area (Å²) >= 11 is 0. The summed E-state index contributed by atoms with van der Waals surface area (Å²) < 4.78 is 18.2. The first kappa shape index (κ1) is 11.4. The largest absolute Gasteiger partial charge is 0.497 e. The van der Waals surface area contributed by atoms with E-state index in [-0.39, 0.29) is 5.82 Å². The van der Waals surface area contributed by atoms with Gasteiger partial charge in [-0.05, 0) is 43.4 Å². The summed E-state index contributed by atoms with van der Waals surface area (Å²) in [5.41, 5.74) is 0.935. The lowest BCUT2D eigenvalue weighted by Crippen LogP contribution is -2.27. The molecule has 0 radical (unpaired) electrons. The number of nitrogens with one attached hydrogen (secondary N) is 1. The molecule has 0 aromatic heterocycles. The van der Waals surface area contributed by atoms with Gasteiger partial charge < -0.3 is 10.1 Å². The van der Waals surface area contributed by atoms with Crippen molar-refractivity contribution in [3.8, 4) is 5.75 Å². The summed E-state index contributed by atoms with van der Waals surface area (Å²) in [5, 5.41) is 3.42. The first-order valence-corrected chi connectivity index (χ1v) is 5.76. The van der Waals surface area contributed by atoms with Crippen molar-refractivity contribution in [3.63, 3.8) is 0 Å². The van der Waals surface area contributed by atoms with Gasteiger partial charge in [-0.3, -0.25) is 0 Å². The molecule has 1 aromatic carbocycles. The standard InChI is InChI=1S/C13H18FNO/c1-9(11-3-4-11)15-8-10-5-12(14)7-13(6-10)16-2/h5-7,9,11,15H,3-4,8H2,1-2H3. The Labute approximate surface area is 95.8 Å². The van der Waals surface area contributed by atoms with E-state index in [2.05, 4.69) is 12.2 Å². The summed E-state index contributed by atoms with van der Waals surface area (Å²) in [6.07, 6.45) is 2.64. The smallest absolute Gasteiger partial charge is 0.127 e. The first-order valence-electron chi connectivity index (χ1n) is 5.76. The fourth-order valence-electron chi connectivity index (χ4n) is 1.88. The molecule has 1 aromatic rings. The van der Waals surface area contributed by atoms with Crippen LogP contribution in [-0.2, 0) is 6.54 Å². The Morgan fingerprint density at radius 1 is 1.44 bits per heavy atom. The number of hydrogen-bond acceptors (Lipinski definition) is 2. The average Bonchev–Trinajstić information content (AvgIpc) is 3.08. The molecule has 0 amide bonds. The van der Waals surface area contributed by atoms with Crippen LogP contribution in [0.3, 0.4) is 0 Å². The maximum Gasteiger partial charge on any atom is 0.127 e. The van der Waals surface area contributed by atoms with Crippen LogP contribution in [-0.4, -0.2) is 13.2 Å². The highest BCUT2D eigenvalue weighted by atomic mass is 19.1. The Hall–Kier alpha value is -1.09. The molecule has 1 saturated carbocycles. The zero-order chi connectivity index (χ0) is 11.5. The van der Waals surface area contributed by atoms with E-state index < -0.39 is 0 Å². The van der Waals surface area contributed by atoms with Crippen LogP contribution >= 0.6 is 0 Å². The predicted octanol–water partition coefficient (Wildman–Crippen LogP) is 2.72. The lowest BCUT2D eigenvalue weighted by atomic mass is 10.1. The van der Waals surface area contributed by atoms with Crippen LogP contribution < -0.4 is 10.1 Å². The minimum atomic E-state index is -0.241. The minimum Gasteiger partial charge on any atom is -0.497 e. The summed E-state index contributed by atoms with van der Waals surface area (Å²) in [6.45, 7) is 2.89. The van der Waals surface area contributed by atoms with Gasteiger partial charge in [-0.2, -0.15) is 0 Å². The average molecular weight is 223 g/mol. The van der Waals surface area contributed by atoms with Gasteiger partial charge in [0.1, 0.15) is 11.6 Å². The van der Waals surface area contributed by atoms with Crippen molar-refractivity contribution in [2.24, 2.45) is 5.92 Å². The van der Waals surface area contributed by atoms with E-state index >= 15 is 0 Å². The molecule has 1 aliphatic rings. The molecule has 1 aliphatic carbocycles. The number of ether oxygens (including phenoxy) is 1. The molecule has 2 nitrogen and oxygen atoms in total. The highest BCUT2D eigenvalue weighted by molar-refractivity contribution is 5.29. The van der Waals surface area contributed by atoms with Crippen LogP contribution in [0.1, 0.15) is 25.3 Å². The summed E-state index contributed by atoms with van der Waals surface area (Å²) in [6, 6.07) is 5.34. The zero-order valence-electron chi connectivity index (χ0n) is 9.79. The minimum absolute atomic E-state index is 0.241. The Kier molecular flexibility index (Phi) is 3.44. The van der Waals surface area contributed by atoms with Gasteiger partial charge in [0.25, 0.3) is 0 Å². The quantitative estimate of drug-likeness (QED) is 0.828. The van der Waals surface area contributed by atoms with Gasteiger partial charge in [0.15, 0.2) is 0 Å². The van der Waals surface area contributed by atoms with Crippen molar-refractivity contribution >= 4 is 0 Å². The van der Waals surface area contributed by atoms with E-state index in [1.54, 1.807) is 13.2 Å². The van der Waals surface area contributed by atoms with Crippen LogP contribution in [0, 0.1) is 11.7 Å². The lowest BCUT2D eigenvalue weighted by Gasteiger charge is -2.13. The number of rotatable bonds is 5. The second-order valence-corrected chi connectivity index (χ2v) is 4.51. The van der Waals surface area contributed by atoms with Crippen LogP contribution in [0.25, 0.3) is 0 Å². The molecule has 88 valence electrons. The van der Waals surface area contributed by atoms with E-state index in [0.29, 0.717) is 18.3 Å². The number of hydrogen-bond donors (Lipinski definition) is 1. The highest BCUT2D eigenvalue weighted by Gasteiger charge is 2.27. The molecule has 0 heterocycles. The molecule has 1 fully saturated rings. The van der Waals surface area contributed by atoms with Crippen molar-refractivity contribution in [1.82, 2.24) is 5.32 Å². The Morgan fingerprint density at radius 3 is 2.81 bits per heavy atom. The van der Waals surface area contributed by atoms with Gasteiger partial charge in [-0.1, -0.05) is 0 Å². The van der Waals surface area contributed by atoms with Crippen molar-refractivity contribution in [3.05, 3.63) is 29.6 Å². The van der Waals surface area contributed by atoms with Gasteiger partial charge >= 0.3 is 0 Å². The Morgan fingerprint density at radius 2 is 2.19 bits per heavy atom. The molecule has 1 atom stereocenters. The predicted molar refractivity (Wildman–Crippen MR) is 62.0 cm³/mol. The molecule has 0 bridgehead atoms. The van der Waals surface area contributed by atoms with E-state index in [1.807, 2.05) is 6.07 Å². The van der Waals surface area contributed by atoms with Crippen LogP contribution in [0.4, 0.5) is 4.39 Å². The molecule has 0 aliphatic heterocycles. The topological polar surface area (TPSA) is 21.3 Å². The number of halogens is 1. The molecular formula is C13H18FNO. The third-order valence-electron chi connectivity index (χ3n) is 3.12. The van der Waals surface area contributed by atoms with Gasteiger partial charge in [-0.15, -0.1) is 0 Å². The molecule has 2 rings (SSSR count).